The molecule has 2 aliphatic heterocycles. The maximum absolute atomic E-state index is 13.0. The number of hydrogen-bond acceptors (Lipinski definition) is 5. The monoisotopic (exact) mass is 461 g/mol. The summed E-state index contributed by atoms with van der Waals surface area (Å²) in [6.07, 6.45) is -1.48. The molecule has 4 atom stereocenters. The van der Waals surface area contributed by atoms with Gasteiger partial charge >= 0.3 is 0 Å². The predicted molar refractivity (Wildman–Crippen MR) is 118 cm³/mol. The number of piperidine rings is 1. The lowest BCUT2D eigenvalue weighted by Crippen LogP contribution is -2.72. The number of hydrogen-bond donors (Lipinski definition) is 5. The van der Waals surface area contributed by atoms with Gasteiger partial charge in [0, 0.05) is 27.8 Å². The van der Waals surface area contributed by atoms with E-state index in [0.29, 0.717) is 21.4 Å². The van der Waals surface area contributed by atoms with Gasteiger partial charge in [0.05, 0.1) is 18.0 Å². The van der Waals surface area contributed by atoms with Gasteiger partial charge in [0.25, 0.3) is 0 Å². The second-order valence-electron chi connectivity index (χ2n) is 7.60. The third-order valence-electron chi connectivity index (χ3n) is 5.36. The summed E-state index contributed by atoms with van der Waals surface area (Å²) in [6, 6.07) is 12.2. The van der Waals surface area contributed by atoms with E-state index in [1.54, 1.807) is 24.3 Å². The Labute approximate surface area is 189 Å². The second-order valence-corrected chi connectivity index (χ2v) is 8.47. The van der Waals surface area contributed by atoms with Gasteiger partial charge in [-0.1, -0.05) is 41.4 Å². The van der Waals surface area contributed by atoms with Crippen molar-refractivity contribution < 1.29 is 14.4 Å². The van der Waals surface area contributed by atoms with Gasteiger partial charge in [0.15, 0.2) is 6.29 Å². The van der Waals surface area contributed by atoms with Crippen LogP contribution in [0.4, 0.5) is 11.4 Å². The zero-order valence-corrected chi connectivity index (χ0v) is 18.1. The Kier molecular flexibility index (Phi) is 6.04. The summed E-state index contributed by atoms with van der Waals surface area (Å²) in [5, 5.41) is 15.5. The molecule has 4 rings (SSSR count). The smallest absolute Gasteiger partial charge is 0.229 e. The first-order chi connectivity index (χ1) is 14.8. The number of carbonyl (C=O) groups is 3. The highest BCUT2D eigenvalue weighted by Crippen LogP contribution is 2.29. The minimum Gasteiger partial charge on any atom is -0.353 e. The summed E-state index contributed by atoms with van der Waals surface area (Å²) in [5.41, 5.74) is 2.13. The molecule has 0 aliphatic carbocycles. The normalized spacial score (nSPS) is 25.1. The number of halogens is 2. The van der Waals surface area contributed by atoms with Crippen molar-refractivity contribution in [1.82, 2.24) is 16.0 Å². The Bertz CT molecular complexity index is 1030. The van der Waals surface area contributed by atoms with Crippen LogP contribution >= 0.6 is 23.2 Å². The van der Waals surface area contributed by atoms with E-state index in [1.165, 1.54) is 0 Å². The molecule has 0 aromatic heterocycles. The Morgan fingerprint density at radius 2 is 1.77 bits per heavy atom. The summed E-state index contributed by atoms with van der Waals surface area (Å²) in [5.74, 6) is -2.60. The lowest BCUT2D eigenvalue weighted by molar-refractivity contribution is -0.144. The maximum Gasteiger partial charge on any atom is 0.229 e. The Hall–Kier alpha value is -2.81. The lowest BCUT2D eigenvalue weighted by Gasteiger charge is -2.43. The van der Waals surface area contributed by atoms with E-state index in [0.717, 1.165) is 5.56 Å². The van der Waals surface area contributed by atoms with E-state index in [4.69, 9.17) is 23.2 Å². The van der Waals surface area contributed by atoms with Crippen LogP contribution in [0.15, 0.2) is 42.5 Å². The van der Waals surface area contributed by atoms with Crippen LogP contribution < -0.4 is 26.6 Å². The minimum absolute atomic E-state index is 0.0734. The van der Waals surface area contributed by atoms with Crippen LogP contribution in [0, 0.1) is 18.8 Å². The third-order valence-corrected chi connectivity index (χ3v) is 5.80. The molecule has 2 saturated heterocycles. The molecule has 0 spiro atoms. The molecular formula is C21H21Cl2N5O3. The second kappa shape index (κ2) is 8.74. The van der Waals surface area contributed by atoms with Crippen LogP contribution in [0.5, 0.6) is 0 Å². The summed E-state index contributed by atoms with van der Waals surface area (Å²) in [7, 11) is 0. The van der Waals surface area contributed by atoms with Crippen LogP contribution in [-0.2, 0) is 14.4 Å². The number of amides is 3. The van der Waals surface area contributed by atoms with Gasteiger partial charge < -0.3 is 21.3 Å². The Morgan fingerprint density at radius 1 is 1.06 bits per heavy atom. The van der Waals surface area contributed by atoms with Gasteiger partial charge in [-0.2, -0.15) is 0 Å². The van der Waals surface area contributed by atoms with Crippen molar-refractivity contribution in [1.29, 1.82) is 0 Å². The van der Waals surface area contributed by atoms with Gasteiger partial charge in [-0.05, 0) is 36.8 Å². The van der Waals surface area contributed by atoms with Crippen molar-refractivity contribution in [3.05, 3.63) is 58.1 Å². The first-order valence-corrected chi connectivity index (χ1v) is 10.5. The molecule has 3 amide bonds. The molecule has 2 aliphatic rings. The molecule has 2 fully saturated rings. The van der Waals surface area contributed by atoms with Crippen LogP contribution in [0.3, 0.4) is 0 Å². The highest BCUT2D eigenvalue weighted by molar-refractivity contribution is 6.35. The fourth-order valence-corrected chi connectivity index (χ4v) is 4.42. The Morgan fingerprint density at radius 3 is 2.48 bits per heavy atom. The lowest BCUT2D eigenvalue weighted by atomic mass is 9.81. The topological polar surface area (TPSA) is 111 Å². The summed E-state index contributed by atoms with van der Waals surface area (Å²) in [6.45, 7) is 1.87. The number of para-hydroxylation sites is 1. The molecule has 2 aromatic carbocycles. The van der Waals surface area contributed by atoms with E-state index in [2.05, 4.69) is 26.6 Å². The zero-order chi connectivity index (χ0) is 22.1. The predicted octanol–water partition coefficient (Wildman–Crippen LogP) is 2.43. The molecule has 0 saturated carbocycles. The van der Waals surface area contributed by atoms with Crippen molar-refractivity contribution >= 4 is 52.3 Å². The summed E-state index contributed by atoms with van der Waals surface area (Å²) >= 11 is 12.0. The van der Waals surface area contributed by atoms with Crippen molar-refractivity contribution in [3.63, 3.8) is 0 Å². The van der Waals surface area contributed by atoms with Gasteiger partial charge in [0.1, 0.15) is 0 Å². The quantitative estimate of drug-likeness (QED) is 0.480. The molecule has 10 heteroatoms. The molecule has 0 radical (unpaired) electrons. The number of benzene rings is 2. The Balaban J connectivity index is 1.50. The van der Waals surface area contributed by atoms with E-state index < -0.39 is 24.3 Å². The molecular weight excluding hydrogens is 441 g/mol. The van der Waals surface area contributed by atoms with Gasteiger partial charge in [0.2, 0.25) is 17.7 Å². The molecule has 31 heavy (non-hydrogen) atoms. The zero-order valence-electron chi connectivity index (χ0n) is 16.5. The van der Waals surface area contributed by atoms with Crippen LogP contribution in [0.2, 0.25) is 10.0 Å². The van der Waals surface area contributed by atoms with E-state index in [9.17, 15) is 14.4 Å². The fourth-order valence-electron chi connectivity index (χ4n) is 3.90. The van der Waals surface area contributed by atoms with Crippen molar-refractivity contribution in [3.8, 4) is 0 Å². The maximum atomic E-state index is 13.0. The molecule has 0 bridgehead atoms. The van der Waals surface area contributed by atoms with Gasteiger partial charge in [-0.3, -0.25) is 19.7 Å². The standard InChI is InChI=1S/C21H21Cl2N5O3/c1-10-4-2-3-5-15(10)25-19(30)14-9-16(29)26-18-17(14)20(31)28-21(27-18)24-13-7-11(22)6-12(23)8-13/h2-8,14,17-18,21,24,27H,9H2,1H3,(H,25,30)(H,26,29)(H,28,31). The van der Waals surface area contributed by atoms with E-state index >= 15 is 0 Å². The van der Waals surface area contributed by atoms with Crippen molar-refractivity contribution in [2.45, 2.75) is 25.8 Å². The SMILES string of the molecule is Cc1ccccc1NC(=O)C1CC(=O)NC2NC(Nc3cc(Cl)cc(Cl)c3)NC(=O)C21. The van der Waals surface area contributed by atoms with Crippen LogP contribution in [-0.4, -0.2) is 30.2 Å². The molecule has 2 heterocycles. The number of rotatable bonds is 4. The molecule has 8 nitrogen and oxygen atoms in total. The van der Waals surface area contributed by atoms with E-state index in [-0.39, 0.29) is 24.1 Å². The highest BCUT2D eigenvalue weighted by atomic mass is 35.5. The average Bonchev–Trinajstić information content (AvgIpc) is 2.68. The van der Waals surface area contributed by atoms with Gasteiger partial charge in [-0.25, -0.2) is 0 Å². The largest absolute Gasteiger partial charge is 0.353 e. The molecule has 5 N–H and O–H groups in total. The fraction of sp³-hybridized carbons (Fsp3) is 0.286. The highest BCUT2D eigenvalue weighted by Gasteiger charge is 2.48. The first-order valence-electron chi connectivity index (χ1n) is 9.75. The first kappa shape index (κ1) is 21.4. The number of aryl methyl sites for hydroxylation is 1. The number of nitrogens with one attached hydrogen (secondary N) is 5. The summed E-state index contributed by atoms with van der Waals surface area (Å²) < 4.78 is 0. The number of carbonyl (C=O) groups excluding carboxylic acids is 3. The average molecular weight is 462 g/mol. The molecule has 2 aromatic rings. The van der Waals surface area contributed by atoms with E-state index in [1.807, 2.05) is 25.1 Å². The molecule has 162 valence electrons. The van der Waals surface area contributed by atoms with Crippen molar-refractivity contribution in [2.75, 3.05) is 10.6 Å². The number of anilines is 2. The van der Waals surface area contributed by atoms with Crippen LogP contribution in [0.25, 0.3) is 0 Å². The third kappa shape index (κ3) is 4.76. The van der Waals surface area contributed by atoms with Crippen LogP contribution in [0.1, 0.15) is 12.0 Å². The van der Waals surface area contributed by atoms with Gasteiger partial charge in [-0.15, -0.1) is 0 Å². The minimum atomic E-state index is -0.813. The van der Waals surface area contributed by atoms with Crippen molar-refractivity contribution in [2.24, 2.45) is 11.8 Å². The number of fused-ring (bicyclic) bond motifs is 1. The molecule has 4 unspecified atom stereocenters. The summed E-state index contributed by atoms with van der Waals surface area (Å²) in [4.78, 5) is 38.2.